The van der Waals surface area contributed by atoms with E-state index in [9.17, 15) is 9.90 Å². The number of hydrogen-bond donors (Lipinski definition) is 1. The molecular weight excluding hydrogens is 188 g/mol. The van der Waals surface area contributed by atoms with Crippen LogP contribution in [0.25, 0.3) is 0 Å². The van der Waals surface area contributed by atoms with E-state index in [1.54, 1.807) is 19.1 Å². The topological polar surface area (TPSA) is 37.3 Å². The summed E-state index contributed by atoms with van der Waals surface area (Å²) in [6, 6.07) is 3.43. The zero-order valence-electron chi connectivity index (χ0n) is 9.79. The van der Waals surface area contributed by atoms with Crippen molar-refractivity contribution in [3.63, 3.8) is 0 Å². The smallest absolute Gasteiger partial charge is 0.163 e. The minimum atomic E-state index is 0.158. The van der Waals surface area contributed by atoms with Crippen molar-refractivity contribution in [1.82, 2.24) is 0 Å². The van der Waals surface area contributed by atoms with Crippen LogP contribution in [0.15, 0.2) is 12.1 Å². The van der Waals surface area contributed by atoms with Crippen LogP contribution in [0.3, 0.4) is 0 Å². The molecule has 1 rings (SSSR count). The van der Waals surface area contributed by atoms with E-state index in [1.807, 2.05) is 20.8 Å². The first-order chi connectivity index (χ1) is 6.91. The summed E-state index contributed by atoms with van der Waals surface area (Å²) >= 11 is 0. The van der Waals surface area contributed by atoms with Crippen LogP contribution in [-0.2, 0) is 0 Å². The lowest BCUT2D eigenvalue weighted by Crippen LogP contribution is -2.05. The summed E-state index contributed by atoms with van der Waals surface area (Å²) in [5.74, 6) is 0.783. The number of Topliss-reactive ketones (excluding diaryl/α,β-unsaturated/α-hetero) is 1. The van der Waals surface area contributed by atoms with Gasteiger partial charge in [-0.25, -0.2) is 0 Å². The van der Waals surface area contributed by atoms with E-state index in [4.69, 9.17) is 0 Å². The first kappa shape index (κ1) is 11.8. The van der Waals surface area contributed by atoms with Crippen molar-refractivity contribution in [1.29, 1.82) is 0 Å². The van der Waals surface area contributed by atoms with Crippen molar-refractivity contribution in [2.45, 2.75) is 34.1 Å². The predicted octanol–water partition coefficient (Wildman–Crippen LogP) is 3.24. The molecule has 82 valence electrons. The van der Waals surface area contributed by atoms with Gasteiger partial charge in [-0.3, -0.25) is 4.79 Å². The molecule has 2 heteroatoms. The Bertz CT molecular complexity index is 378. The molecule has 0 spiro atoms. The van der Waals surface area contributed by atoms with E-state index in [1.165, 1.54) is 0 Å². The third-order valence-corrected chi connectivity index (χ3v) is 2.44. The number of benzene rings is 1. The summed E-state index contributed by atoms with van der Waals surface area (Å²) in [6.45, 7) is 7.72. The van der Waals surface area contributed by atoms with Crippen LogP contribution in [0.1, 0.15) is 41.8 Å². The molecule has 1 aromatic rings. The Labute approximate surface area is 90.9 Å². The highest BCUT2D eigenvalue weighted by Crippen LogP contribution is 2.23. The zero-order chi connectivity index (χ0) is 11.6. The number of ketones is 1. The van der Waals surface area contributed by atoms with Crippen LogP contribution in [0.4, 0.5) is 0 Å². The van der Waals surface area contributed by atoms with E-state index in [-0.39, 0.29) is 11.5 Å². The summed E-state index contributed by atoms with van der Waals surface area (Å²) in [7, 11) is 0. The number of carbonyl (C=O) groups excluding carboxylic acids is 1. The molecule has 0 atom stereocenters. The van der Waals surface area contributed by atoms with Crippen molar-refractivity contribution in [2.75, 3.05) is 0 Å². The van der Waals surface area contributed by atoms with Gasteiger partial charge in [-0.05, 0) is 43.0 Å². The molecule has 0 aliphatic rings. The lowest BCUT2D eigenvalue weighted by molar-refractivity contribution is 0.0967. The Morgan fingerprint density at radius 1 is 1.27 bits per heavy atom. The number of hydrogen-bond acceptors (Lipinski definition) is 2. The number of rotatable bonds is 3. The summed E-state index contributed by atoms with van der Waals surface area (Å²) in [4.78, 5) is 11.9. The molecule has 0 saturated heterocycles. The Hall–Kier alpha value is -1.31. The third kappa shape index (κ3) is 2.82. The monoisotopic (exact) mass is 206 g/mol. The standard InChI is InChI=1S/C13H18O2/c1-8(2)5-13(15)11-6-10(4)12(14)7-9(11)3/h6-8,14H,5H2,1-4H3. The molecule has 0 unspecified atom stereocenters. The van der Waals surface area contributed by atoms with Gasteiger partial charge >= 0.3 is 0 Å². The number of phenolic OH excluding ortho intramolecular Hbond substituents is 1. The van der Waals surface area contributed by atoms with Gasteiger partial charge in [-0.15, -0.1) is 0 Å². The molecule has 15 heavy (non-hydrogen) atoms. The molecule has 0 saturated carbocycles. The van der Waals surface area contributed by atoms with Gasteiger partial charge in [0.1, 0.15) is 5.75 Å². The third-order valence-electron chi connectivity index (χ3n) is 2.44. The van der Waals surface area contributed by atoms with Gasteiger partial charge in [-0.2, -0.15) is 0 Å². The second-order valence-corrected chi connectivity index (χ2v) is 4.47. The van der Waals surface area contributed by atoms with E-state index in [0.29, 0.717) is 12.3 Å². The van der Waals surface area contributed by atoms with Gasteiger partial charge in [0.15, 0.2) is 5.78 Å². The van der Waals surface area contributed by atoms with E-state index in [0.717, 1.165) is 16.7 Å². The summed E-state index contributed by atoms with van der Waals surface area (Å²) < 4.78 is 0. The van der Waals surface area contributed by atoms with Crippen LogP contribution in [-0.4, -0.2) is 10.9 Å². The van der Waals surface area contributed by atoms with Gasteiger partial charge in [-0.1, -0.05) is 13.8 Å². The van der Waals surface area contributed by atoms with E-state index < -0.39 is 0 Å². The maximum absolute atomic E-state index is 11.9. The zero-order valence-corrected chi connectivity index (χ0v) is 9.79. The minimum Gasteiger partial charge on any atom is -0.508 e. The van der Waals surface area contributed by atoms with E-state index >= 15 is 0 Å². The van der Waals surface area contributed by atoms with Crippen molar-refractivity contribution in [3.05, 3.63) is 28.8 Å². The van der Waals surface area contributed by atoms with Crippen LogP contribution >= 0.6 is 0 Å². The fourth-order valence-electron chi connectivity index (χ4n) is 1.58. The molecule has 0 aliphatic heterocycles. The highest BCUT2D eigenvalue weighted by atomic mass is 16.3. The molecule has 0 amide bonds. The van der Waals surface area contributed by atoms with Crippen molar-refractivity contribution < 1.29 is 9.90 Å². The molecule has 0 heterocycles. The van der Waals surface area contributed by atoms with Crippen molar-refractivity contribution in [2.24, 2.45) is 5.92 Å². The van der Waals surface area contributed by atoms with Gasteiger partial charge in [0.25, 0.3) is 0 Å². The second-order valence-electron chi connectivity index (χ2n) is 4.47. The fraction of sp³-hybridized carbons (Fsp3) is 0.462. The first-order valence-corrected chi connectivity index (χ1v) is 5.25. The lowest BCUT2D eigenvalue weighted by Gasteiger charge is -2.09. The maximum Gasteiger partial charge on any atom is 0.163 e. The van der Waals surface area contributed by atoms with Crippen molar-refractivity contribution >= 4 is 5.78 Å². The Balaban J connectivity index is 3.04. The highest BCUT2D eigenvalue weighted by molar-refractivity contribution is 5.97. The quantitative estimate of drug-likeness (QED) is 0.771. The largest absolute Gasteiger partial charge is 0.508 e. The maximum atomic E-state index is 11.9. The highest BCUT2D eigenvalue weighted by Gasteiger charge is 2.12. The fourth-order valence-corrected chi connectivity index (χ4v) is 1.58. The Kier molecular flexibility index (Phi) is 3.51. The Morgan fingerprint density at radius 3 is 2.40 bits per heavy atom. The van der Waals surface area contributed by atoms with Crippen LogP contribution in [0, 0.1) is 19.8 Å². The Morgan fingerprint density at radius 2 is 1.87 bits per heavy atom. The predicted molar refractivity (Wildman–Crippen MR) is 61.4 cm³/mol. The minimum absolute atomic E-state index is 0.158. The molecule has 0 bridgehead atoms. The molecule has 1 N–H and O–H groups in total. The number of aryl methyl sites for hydroxylation is 2. The van der Waals surface area contributed by atoms with Gasteiger partial charge in [0.05, 0.1) is 0 Å². The summed E-state index contributed by atoms with van der Waals surface area (Å²) in [6.07, 6.45) is 0.561. The second kappa shape index (κ2) is 4.47. The SMILES string of the molecule is Cc1cc(C(=O)CC(C)C)c(C)cc1O. The molecule has 2 nitrogen and oxygen atoms in total. The number of carbonyl (C=O) groups is 1. The lowest BCUT2D eigenvalue weighted by atomic mass is 9.96. The van der Waals surface area contributed by atoms with Crippen LogP contribution in [0.5, 0.6) is 5.75 Å². The van der Waals surface area contributed by atoms with Gasteiger partial charge in [0, 0.05) is 12.0 Å². The summed E-state index contributed by atoms with van der Waals surface area (Å²) in [5.41, 5.74) is 2.34. The summed E-state index contributed by atoms with van der Waals surface area (Å²) in [5, 5.41) is 9.48. The first-order valence-electron chi connectivity index (χ1n) is 5.25. The molecule has 0 fully saturated rings. The molecule has 0 aliphatic carbocycles. The number of phenols is 1. The molecule has 0 aromatic heterocycles. The van der Waals surface area contributed by atoms with Crippen molar-refractivity contribution in [3.8, 4) is 5.75 Å². The van der Waals surface area contributed by atoms with E-state index in [2.05, 4.69) is 0 Å². The molecular formula is C13H18O2. The number of aromatic hydroxyl groups is 1. The normalized spacial score (nSPS) is 10.7. The molecule has 0 radical (unpaired) electrons. The van der Waals surface area contributed by atoms with Gasteiger partial charge in [0.2, 0.25) is 0 Å². The average molecular weight is 206 g/mol. The molecule has 1 aromatic carbocycles. The van der Waals surface area contributed by atoms with Crippen LogP contribution in [0.2, 0.25) is 0 Å². The van der Waals surface area contributed by atoms with Crippen LogP contribution < -0.4 is 0 Å². The average Bonchev–Trinajstić information content (AvgIpc) is 2.09. The van der Waals surface area contributed by atoms with Gasteiger partial charge < -0.3 is 5.11 Å².